The van der Waals surface area contributed by atoms with Crippen LogP contribution in [0.25, 0.3) is 21.1 Å². The van der Waals surface area contributed by atoms with Crippen molar-refractivity contribution in [1.29, 1.82) is 0 Å². The number of nitrogens with zero attached hydrogens (tertiary/aromatic N) is 2. The van der Waals surface area contributed by atoms with Crippen LogP contribution in [0.2, 0.25) is 0 Å². The van der Waals surface area contributed by atoms with Crippen LogP contribution >= 0.6 is 11.3 Å². The van der Waals surface area contributed by atoms with E-state index in [0.29, 0.717) is 11.9 Å². The van der Waals surface area contributed by atoms with Crippen molar-refractivity contribution >= 4 is 44.1 Å². The molecule has 2 N–H and O–H groups in total. The predicted octanol–water partition coefficient (Wildman–Crippen LogP) is 3.58. The van der Waals surface area contributed by atoms with Crippen LogP contribution in [0.15, 0.2) is 41.6 Å². The predicted molar refractivity (Wildman–Crippen MR) is 105 cm³/mol. The lowest BCUT2D eigenvalue weighted by molar-refractivity contribution is -0.116. The molecule has 0 atom stereocenters. The molecule has 7 heteroatoms. The first kappa shape index (κ1) is 16.5. The van der Waals surface area contributed by atoms with E-state index < -0.39 is 0 Å². The number of rotatable bonds is 4. The Kier molecular flexibility index (Phi) is 4.08. The molecular formula is C19H18N4O2S. The first-order chi connectivity index (χ1) is 12.5. The molecule has 4 rings (SSSR count). The van der Waals surface area contributed by atoms with Crippen molar-refractivity contribution in [3.8, 4) is 0 Å². The number of hydrogen-bond acceptors (Lipinski definition) is 4. The lowest BCUT2D eigenvalue weighted by Gasteiger charge is -2.08. The summed E-state index contributed by atoms with van der Waals surface area (Å²) in [5.74, 6) is -0.135. The number of carbonyl (C=O) groups is 1. The van der Waals surface area contributed by atoms with E-state index in [0.717, 1.165) is 31.9 Å². The molecule has 0 saturated carbocycles. The zero-order valence-electron chi connectivity index (χ0n) is 14.5. The van der Waals surface area contributed by atoms with Crippen LogP contribution < -0.4 is 10.9 Å². The molecule has 1 amide bonds. The molecule has 0 aliphatic carbocycles. The zero-order chi connectivity index (χ0) is 18.3. The molecular weight excluding hydrogens is 348 g/mol. The Morgan fingerprint density at radius 2 is 2.15 bits per heavy atom. The SMILES string of the molecule is Cc1sc2ncn(CCC(=O)Nc3cccc4[nH]ccc34)c(=O)c2c1C. The molecule has 3 aromatic heterocycles. The van der Waals surface area contributed by atoms with E-state index in [9.17, 15) is 9.59 Å². The second kappa shape index (κ2) is 6.42. The smallest absolute Gasteiger partial charge is 0.262 e. The number of hydrogen-bond donors (Lipinski definition) is 2. The van der Waals surface area contributed by atoms with Gasteiger partial charge in [-0.3, -0.25) is 14.2 Å². The first-order valence-electron chi connectivity index (χ1n) is 8.35. The highest BCUT2D eigenvalue weighted by Crippen LogP contribution is 2.25. The number of anilines is 1. The van der Waals surface area contributed by atoms with Crippen LogP contribution in [0.1, 0.15) is 16.9 Å². The molecule has 26 heavy (non-hydrogen) atoms. The van der Waals surface area contributed by atoms with Crippen LogP contribution in [0.4, 0.5) is 5.69 Å². The topological polar surface area (TPSA) is 79.8 Å². The molecule has 0 aliphatic heterocycles. The quantitative estimate of drug-likeness (QED) is 0.579. The number of H-pyrrole nitrogens is 1. The van der Waals surface area contributed by atoms with Gasteiger partial charge in [0.1, 0.15) is 4.83 Å². The summed E-state index contributed by atoms with van der Waals surface area (Å²) >= 11 is 1.52. The fourth-order valence-corrected chi connectivity index (χ4v) is 4.05. The maximum absolute atomic E-state index is 12.7. The van der Waals surface area contributed by atoms with E-state index in [2.05, 4.69) is 15.3 Å². The Balaban J connectivity index is 1.52. The molecule has 0 bridgehead atoms. The number of carbonyl (C=O) groups excluding carboxylic acids is 1. The van der Waals surface area contributed by atoms with Crippen molar-refractivity contribution in [3.63, 3.8) is 0 Å². The number of thiophene rings is 1. The van der Waals surface area contributed by atoms with Gasteiger partial charge in [-0.15, -0.1) is 11.3 Å². The molecule has 6 nitrogen and oxygen atoms in total. The zero-order valence-corrected chi connectivity index (χ0v) is 15.3. The fourth-order valence-electron chi connectivity index (χ4n) is 3.06. The van der Waals surface area contributed by atoms with Gasteiger partial charge >= 0.3 is 0 Å². The maximum atomic E-state index is 12.7. The Hall–Kier alpha value is -2.93. The van der Waals surface area contributed by atoms with E-state index >= 15 is 0 Å². The Morgan fingerprint density at radius 3 is 3.00 bits per heavy atom. The van der Waals surface area contributed by atoms with Gasteiger partial charge < -0.3 is 10.3 Å². The highest BCUT2D eigenvalue weighted by atomic mass is 32.1. The summed E-state index contributed by atoms with van der Waals surface area (Å²) in [7, 11) is 0. The fraction of sp³-hybridized carbons (Fsp3) is 0.211. The van der Waals surface area contributed by atoms with Crippen LogP contribution in [0, 0.1) is 13.8 Å². The van der Waals surface area contributed by atoms with Gasteiger partial charge in [0.2, 0.25) is 5.91 Å². The minimum absolute atomic E-state index is 0.0858. The number of aromatic nitrogens is 3. The summed E-state index contributed by atoms with van der Waals surface area (Å²) in [6.45, 7) is 4.22. The van der Waals surface area contributed by atoms with Gasteiger partial charge in [0.15, 0.2) is 0 Å². The Labute approximate surface area is 153 Å². The van der Waals surface area contributed by atoms with Gasteiger partial charge in [0, 0.05) is 34.9 Å². The summed E-state index contributed by atoms with van der Waals surface area (Å²) in [6, 6.07) is 7.63. The van der Waals surface area contributed by atoms with Crippen LogP contribution in [-0.2, 0) is 11.3 Å². The molecule has 0 spiro atoms. The van der Waals surface area contributed by atoms with Crippen molar-refractivity contribution in [2.45, 2.75) is 26.8 Å². The van der Waals surface area contributed by atoms with E-state index in [1.54, 1.807) is 0 Å². The van der Waals surface area contributed by atoms with Crippen molar-refractivity contribution in [3.05, 3.63) is 57.6 Å². The van der Waals surface area contributed by atoms with E-state index in [4.69, 9.17) is 0 Å². The Bertz CT molecular complexity index is 1190. The van der Waals surface area contributed by atoms with Crippen LogP contribution in [0.5, 0.6) is 0 Å². The summed E-state index contributed by atoms with van der Waals surface area (Å²) in [4.78, 5) is 34.3. The highest BCUT2D eigenvalue weighted by molar-refractivity contribution is 7.18. The van der Waals surface area contributed by atoms with Gasteiger partial charge in [-0.25, -0.2) is 4.98 Å². The molecule has 3 heterocycles. The standard InChI is InChI=1S/C19H18N4O2S/c1-11-12(2)26-18-17(11)19(25)23(10-21-18)9-7-16(24)22-15-5-3-4-14-13(15)6-8-20-14/h3-6,8,10,20H,7,9H2,1-2H3,(H,22,24). The van der Waals surface area contributed by atoms with Crippen molar-refractivity contribution in [2.24, 2.45) is 0 Å². The monoisotopic (exact) mass is 366 g/mol. The minimum atomic E-state index is -0.135. The number of aryl methyl sites for hydroxylation is 3. The molecule has 132 valence electrons. The average molecular weight is 366 g/mol. The number of nitrogens with one attached hydrogen (secondary N) is 2. The summed E-state index contributed by atoms with van der Waals surface area (Å²) < 4.78 is 1.51. The van der Waals surface area contributed by atoms with Gasteiger partial charge in [-0.1, -0.05) is 6.07 Å². The van der Waals surface area contributed by atoms with Gasteiger partial charge in [-0.05, 0) is 37.6 Å². The Morgan fingerprint density at radius 1 is 1.31 bits per heavy atom. The second-order valence-electron chi connectivity index (χ2n) is 6.25. The number of aromatic amines is 1. The van der Waals surface area contributed by atoms with Crippen molar-refractivity contribution < 1.29 is 4.79 Å². The van der Waals surface area contributed by atoms with Crippen molar-refractivity contribution in [1.82, 2.24) is 14.5 Å². The third-order valence-corrected chi connectivity index (χ3v) is 5.72. The first-order valence-corrected chi connectivity index (χ1v) is 9.17. The van der Waals surface area contributed by atoms with Crippen LogP contribution in [0.3, 0.4) is 0 Å². The molecule has 0 unspecified atom stereocenters. The molecule has 4 aromatic rings. The molecule has 0 saturated heterocycles. The highest BCUT2D eigenvalue weighted by Gasteiger charge is 2.13. The molecule has 1 aromatic carbocycles. The summed E-state index contributed by atoms with van der Waals surface area (Å²) in [5.41, 5.74) is 2.62. The van der Waals surface area contributed by atoms with Crippen LogP contribution in [-0.4, -0.2) is 20.4 Å². The third-order valence-electron chi connectivity index (χ3n) is 4.60. The molecule has 0 radical (unpaired) electrons. The van der Waals surface area contributed by atoms with E-state index in [-0.39, 0.29) is 17.9 Å². The largest absolute Gasteiger partial charge is 0.361 e. The lowest BCUT2D eigenvalue weighted by atomic mass is 10.2. The van der Waals surface area contributed by atoms with E-state index in [1.807, 2.05) is 44.3 Å². The van der Waals surface area contributed by atoms with Gasteiger partial charge in [0.05, 0.1) is 17.4 Å². The average Bonchev–Trinajstić information content (AvgIpc) is 3.20. The minimum Gasteiger partial charge on any atom is -0.361 e. The summed E-state index contributed by atoms with van der Waals surface area (Å²) in [6.07, 6.45) is 3.57. The lowest BCUT2D eigenvalue weighted by Crippen LogP contribution is -2.23. The molecule has 0 fully saturated rings. The number of benzene rings is 1. The molecule has 0 aliphatic rings. The number of fused-ring (bicyclic) bond motifs is 2. The van der Waals surface area contributed by atoms with Crippen molar-refractivity contribution in [2.75, 3.05) is 5.32 Å². The van der Waals surface area contributed by atoms with E-state index in [1.165, 1.54) is 22.2 Å². The maximum Gasteiger partial charge on any atom is 0.262 e. The van der Waals surface area contributed by atoms with Gasteiger partial charge in [-0.2, -0.15) is 0 Å². The third kappa shape index (κ3) is 2.80. The second-order valence-corrected chi connectivity index (χ2v) is 7.45. The normalized spacial score (nSPS) is 11.3. The number of amides is 1. The summed E-state index contributed by atoms with van der Waals surface area (Å²) in [5, 5.41) is 4.54. The van der Waals surface area contributed by atoms with Gasteiger partial charge in [0.25, 0.3) is 5.56 Å².